The van der Waals surface area contributed by atoms with Crippen molar-refractivity contribution in [3.05, 3.63) is 23.9 Å². The number of nitrogens with one attached hydrogen (secondary N) is 2. The molecule has 0 saturated heterocycles. The molecular weight excluding hydrogens is 353 g/mol. The topological polar surface area (TPSA) is 58.5 Å². The van der Waals surface area contributed by atoms with Gasteiger partial charge < -0.3 is 15.4 Å². The number of thioether (sulfide) groups is 1. The summed E-state index contributed by atoms with van der Waals surface area (Å²) in [5.74, 6) is 0.589. The van der Waals surface area contributed by atoms with Gasteiger partial charge in [0.15, 0.2) is 12.6 Å². The van der Waals surface area contributed by atoms with Gasteiger partial charge in [-0.3, -0.25) is 0 Å². The van der Waals surface area contributed by atoms with Gasteiger partial charge >= 0.3 is 6.18 Å². The van der Waals surface area contributed by atoms with Gasteiger partial charge in [0.25, 0.3) is 0 Å². The van der Waals surface area contributed by atoms with E-state index in [2.05, 4.69) is 39.2 Å². The number of aliphatic imine (C=N–C) groups is 1. The highest BCUT2D eigenvalue weighted by Crippen LogP contribution is 2.19. The van der Waals surface area contributed by atoms with Crippen LogP contribution in [0.5, 0.6) is 5.88 Å². The van der Waals surface area contributed by atoms with Crippen molar-refractivity contribution in [3.63, 3.8) is 0 Å². The number of pyridine rings is 1. The predicted molar refractivity (Wildman–Crippen MR) is 96.2 cm³/mol. The summed E-state index contributed by atoms with van der Waals surface area (Å²) >= 11 is 1.75. The van der Waals surface area contributed by atoms with Gasteiger partial charge in [-0.1, -0.05) is 0 Å². The largest absolute Gasteiger partial charge is 0.468 e. The lowest BCUT2D eigenvalue weighted by atomic mass is 10.2. The summed E-state index contributed by atoms with van der Waals surface area (Å²) in [5, 5.41) is 6.41. The van der Waals surface area contributed by atoms with Gasteiger partial charge in [-0.2, -0.15) is 24.9 Å². The molecule has 1 aromatic rings. The lowest BCUT2D eigenvalue weighted by Gasteiger charge is -2.23. The summed E-state index contributed by atoms with van der Waals surface area (Å²) < 4.78 is 41.3. The van der Waals surface area contributed by atoms with Crippen LogP contribution in [-0.2, 0) is 6.54 Å². The molecule has 0 radical (unpaired) electrons. The molecule has 1 aromatic heterocycles. The van der Waals surface area contributed by atoms with Crippen LogP contribution in [0, 0.1) is 0 Å². The van der Waals surface area contributed by atoms with Crippen molar-refractivity contribution in [3.8, 4) is 5.88 Å². The van der Waals surface area contributed by atoms with Crippen LogP contribution in [0.25, 0.3) is 0 Å². The molecule has 0 aliphatic rings. The molecule has 0 unspecified atom stereocenters. The van der Waals surface area contributed by atoms with E-state index in [1.165, 1.54) is 12.3 Å². The van der Waals surface area contributed by atoms with Gasteiger partial charge in [0, 0.05) is 30.1 Å². The first-order chi connectivity index (χ1) is 11.6. The first kappa shape index (κ1) is 21.4. The van der Waals surface area contributed by atoms with Gasteiger partial charge in [0.1, 0.15) is 0 Å². The van der Waals surface area contributed by atoms with E-state index in [-0.39, 0.29) is 10.6 Å². The minimum Gasteiger partial charge on any atom is -0.468 e. The van der Waals surface area contributed by atoms with Crippen LogP contribution >= 0.6 is 11.8 Å². The number of halogens is 3. The number of guanidine groups is 1. The van der Waals surface area contributed by atoms with Crippen LogP contribution in [0.3, 0.4) is 0 Å². The smallest absolute Gasteiger partial charge is 0.422 e. The van der Waals surface area contributed by atoms with Crippen molar-refractivity contribution in [1.82, 2.24) is 15.6 Å². The third-order valence-corrected chi connectivity index (χ3v) is 4.43. The zero-order valence-corrected chi connectivity index (χ0v) is 15.7. The Morgan fingerprint density at radius 3 is 2.64 bits per heavy atom. The summed E-state index contributed by atoms with van der Waals surface area (Å²) in [6.07, 6.45) is -0.930. The molecule has 1 heterocycles. The number of hydrogen-bond acceptors (Lipinski definition) is 4. The third-order valence-electron chi connectivity index (χ3n) is 3.18. The highest BCUT2D eigenvalue weighted by Gasteiger charge is 2.28. The molecule has 0 bridgehead atoms. The summed E-state index contributed by atoms with van der Waals surface area (Å²) in [5.41, 5.74) is 0.716. The van der Waals surface area contributed by atoms with E-state index in [0.29, 0.717) is 24.6 Å². The summed E-state index contributed by atoms with van der Waals surface area (Å²) in [6, 6.07) is 3.16. The van der Waals surface area contributed by atoms with Gasteiger partial charge in [0.2, 0.25) is 5.88 Å². The predicted octanol–water partition coefficient (Wildman–Crippen LogP) is 3.22. The van der Waals surface area contributed by atoms with Crippen LogP contribution in [0.15, 0.2) is 23.3 Å². The van der Waals surface area contributed by atoms with Crippen LogP contribution in [0.1, 0.15) is 26.3 Å². The Morgan fingerprint density at radius 2 is 2.04 bits per heavy atom. The van der Waals surface area contributed by atoms with Crippen LogP contribution in [0.4, 0.5) is 13.2 Å². The van der Waals surface area contributed by atoms with E-state index in [1.807, 2.05) is 13.2 Å². The monoisotopic (exact) mass is 378 g/mol. The molecule has 0 aromatic carbocycles. The van der Waals surface area contributed by atoms with Crippen molar-refractivity contribution < 1.29 is 17.9 Å². The number of nitrogens with zero attached hydrogens (tertiary/aromatic N) is 2. The molecule has 1 rings (SSSR count). The van der Waals surface area contributed by atoms with Gasteiger partial charge in [-0.15, -0.1) is 0 Å². The lowest BCUT2D eigenvalue weighted by Crippen LogP contribution is -2.43. The van der Waals surface area contributed by atoms with Crippen LogP contribution in [0.2, 0.25) is 0 Å². The lowest BCUT2D eigenvalue weighted by molar-refractivity contribution is -0.154. The summed E-state index contributed by atoms with van der Waals surface area (Å²) in [6.45, 7) is 6.61. The third kappa shape index (κ3) is 9.42. The molecule has 142 valence electrons. The second-order valence-corrected chi connectivity index (χ2v) is 7.43. The van der Waals surface area contributed by atoms with E-state index in [1.54, 1.807) is 17.8 Å². The summed E-state index contributed by atoms with van der Waals surface area (Å²) in [4.78, 5) is 8.23. The zero-order chi connectivity index (χ0) is 18.9. The molecule has 2 N–H and O–H groups in total. The molecule has 0 fully saturated rings. The van der Waals surface area contributed by atoms with Crippen LogP contribution < -0.4 is 15.4 Å². The van der Waals surface area contributed by atoms with E-state index < -0.39 is 12.8 Å². The van der Waals surface area contributed by atoms with Crippen molar-refractivity contribution in [2.45, 2.75) is 38.2 Å². The number of ether oxygens (including phenoxy) is 1. The fourth-order valence-electron chi connectivity index (χ4n) is 1.66. The van der Waals surface area contributed by atoms with Crippen molar-refractivity contribution >= 4 is 17.7 Å². The Bertz CT molecular complexity index is 565. The fourth-order valence-corrected chi connectivity index (χ4v) is 1.88. The average Bonchev–Trinajstić information content (AvgIpc) is 2.55. The Kier molecular flexibility index (Phi) is 8.34. The quantitative estimate of drug-likeness (QED) is 0.537. The second-order valence-electron chi connectivity index (χ2n) is 5.92. The Balaban J connectivity index is 2.69. The fraction of sp³-hybridized carbons (Fsp3) is 0.625. The molecule has 9 heteroatoms. The molecular formula is C16H25F3N4OS. The number of rotatable bonds is 8. The zero-order valence-electron chi connectivity index (χ0n) is 14.9. The molecule has 0 amide bonds. The number of alkyl halides is 3. The van der Waals surface area contributed by atoms with Gasteiger partial charge in [-0.25, -0.2) is 9.98 Å². The average molecular weight is 378 g/mol. The minimum absolute atomic E-state index is 0.0610. The van der Waals surface area contributed by atoms with E-state index in [0.717, 1.165) is 6.54 Å². The maximum Gasteiger partial charge on any atom is 0.422 e. The van der Waals surface area contributed by atoms with Crippen molar-refractivity contribution in [1.29, 1.82) is 0 Å². The Morgan fingerprint density at radius 1 is 1.32 bits per heavy atom. The number of hydrogen-bond donors (Lipinski definition) is 2. The van der Waals surface area contributed by atoms with Gasteiger partial charge in [-0.05, 0) is 38.7 Å². The molecule has 0 atom stereocenters. The van der Waals surface area contributed by atoms with Gasteiger partial charge in [0.05, 0.1) is 6.54 Å². The molecule has 0 spiro atoms. The van der Waals surface area contributed by atoms with Crippen molar-refractivity contribution in [2.24, 2.45) is 4.99 Å². The second kappa shape index (κ2) is 9.74. The molecule has 5 nitrogen and oxygen atoms in total. The minimum atomic E-state index is -4.39. The van der Waals surface area contributed by atoms with E-state index >= 15 is 0 Å². The molecule has 0 aliphatic heterocycles. The normalized spacial score (nSPS) is 12.8. The van der Waals surface area contributed by atoms with Crippen LogP contribution in [-0.4, -0.2) is 47.8 Å². The first-order valence-corrected chi connectivity index (χ1v) is 9.09. The maximum atomic E-state index is 12.2. The molecule has 0 aliphatic carbocycles. The van der Waals surface area contributed by atoms with E-state index in [4.69, 9.17) is 0 Å². The maximum absolute atomic E-state index is 12.2. The highest BCUT2D eigenvalue weighted by molar-refractivity contribution is 7.99. The first-order valence-electron chi connectivity index (χ1n) is 7.87. The Hall–Kier alpha value is -1.64. The number of aromatic nitrogens is 1. The molecule has 0 saturated carbocycles. The summed E-state index contributed by atoms with van der Waals surface area (Å²) in [7, 11) is 0. The molecule has 25 heavy (non-hydrogen) atoms. The Labute approximate surface area is 150 Å². The van der Waals surface area contributed by atoms with Crippen molar-refractivity contribution in [2.75, 3.05) is 26.0 Å². The SMILES string of the molecule is CCNC(=NCc1ccnc(OCC(F)(F)F)c1)NCC(C)(C)SC. The van der Waals surface area contributed by atoms with E-state index in [9.17, 15) is 13.2 Å². The highest BCUT2D eigenvalue weighted by atomic mass is 32.2. The standard InChI is InChI=1S/C16H25F3N4OS/c1-5-20-14(23-10-15(2,3)25-4)22-9-12-6-7-21-13(8-12)24-11-16(17,18)19/h6-8H,5,9-11H2,1-4H3,(H2,20,22,23).